The third kappa shape index (κ3) is 2.79. The van der Waals surface area contributed by atoms with E-state index in [2.05, 4.69) is 10.1 Å². The van der Waals surface area contributed by atoms with E-state index in [0.717, 1.165) is 32.0 Å². The van der Waals surface area contributed by atoms with Crippen molar-refractivity contribution in [3.8, 4) is 0 Å². The van der Waals surface area contributed by atoms with Gasteiger partial charge in [-0.15, -0.1) is 11.6 Å². The lowest BCUT2D eigenvalue weighted by Crippen LogP contribution is -2.35. The summed E-state index contributed by atoms with van der Waals surface area (Å²) >= 11 is 5.85. The van der Waals surface area contributed by atoms with Gasteiger partial charge in [-0.25, -0.2) is 9.50 Å². The molecule has 1 fully saturated rings. The molecule has 0 radical (unpaired) electrons. The van der Waals surface area contributed by atoms with Crippen molar-refractivity contribution in [2.45, 2.75) is 19.0 Å². The summed E-state index contributed by atoms with van der Waals surface area (Å²) in [7, 11) is 0. The van der Waals surface area contributed by atoms with E-state index >= 15 is 0 Å². The predicted molar refractivity (Wildman–Crippen MR) is 73.6 cm³/mol. The molecule has 1 aliphatic rings. The van der Waals surface area contributed by atoms with E-state index in [9.17, 15) is 13.2 Å². The molecule has 0 saturated carbocycles. The average Bonchev–Trinajstić information content (AvgIpc) is 2.91. The molecule has 0 atom stereocenters. The number of fused-ring (bicyclic) bond motifs is 1. The zero-order chi connectivity index (χ0) is 15.0. The molecule has 4 nitrogen and oxygen atoms in total. The molecule has 3 rings (SSSR count). The van der Waals surface area contributed by atoms with Crippen molar-refractivity contribution in [3.63, 3.8) is 0 Å². The average molecular weight is 319 g/mol. The SMILES string of the molecule is FC(F)(F)c1cc2c(N3CCC(CCl)CC3)nccn2n1. The molecule has 2 aromatic rings. The number of aromatic nitrogens is 3. The van der Waals surface area contributed by atoms with Gasteiger partial charge in [0.1, 0.15) is 5.52 Å². The molecule has 21 heavy (non-hydrogen) atoms. The Morgan fingerprint density at radius 2 is 2.00 bits per heavy atom. The Balaban J connectivity index is 1.94. The highest BCUT2D eigenvalue weighted by Gasteiger charge is 2.35. The van der Waals surface area contributed by atoms with Crippen LogP contribution in [0.25, 0.3) is 5.52 Å². The topological polar surface area (TPSA) is 33.4 Å². The second-order valence-electron chi connectivity index (χ2n) is 5.19. The van der Waals surface area contributed by atoms with Gasteiger partial charge in [0.2, 0.25) is 0 Å². The van der Waals surface area contributed by atoms with Crippen molar-refractivity contribution in [3.05, 3.63) is 24.2 Å². The number of rotatable bonds is 2. The number of alkyl halides is 4. The van der Waals surface area contributed by atoms with Crippen LogP contribution in [0.3, 0.4) is 0 Å². The van der Waals surface area contributed by atoms with E-state index in [4.69, 9.17) is 11.6 Å². The second-order valence-corrected chi connectivity index (χ2v) is 5.50. The highest BCUT2D eigenvalue weighted by molar-refractivity contribution is 6.18. The van der Waals surface area contributed by atoms with E-state index in [1.54, 1.807) is 0 Å². The van der Waals surface area contributed by atoms with Gasteiger partial charge in [-0.1, -0.05) is 0 Å². The van der Waals surface area contributed by atoms with Crippen molar-refractivity contribution in [2.24, 2.45) is 5.92 Å². The highest BCUT2D eigenvalue weighted by atomic mass is 35.5. The molecule has 1 aliphatic heterocycles. The molecule has 0 spiro atoms. The first-order valence-corrected chi connectivity index (χ1v) is 7.25. The number of piperidine rings is 1. The van der Waals surface area contributed by atoms with Crippen LogP contribution in [0.1, 0.15) is 18.5 Å². The van der Waals surface area contributed by atoms with Gasteiger partial charge in [-0.05, 0) is 18.8 Å². The minimum Gasteiger partial charge on any atom is -0.355 e. The zero-order valence-corrected chi connectivity index (χ0v) is 11.9. The van der Waals surface area contributed by atoms with Crippen LogP contribution in [-0.2, 0) is 6.18 Å². The van der Waals surface area contributed by atoms with Gasteiger partial charge in [0, 0.05) is 37.4 Å². The first-order chi connectivity index (χ1) is 9.99. The number of anilines is 1. The normalized spacial score (nSPS) is 17.6. The Hall–Kier alpha value is -1.50. The second kappa shape index (κ2) is 5.36. The number of nitrogens with zero attached hydrogens (tertiary/aromatic N) is 4. The Labute approximate surface area is 124 Å². The number of hydrogen-bond donors (Lipinski definition) is 0. The van der Waals surface area contributed by atoms with Crippen LogP contribution < -0.4 is 4.90 Å². The summed E-state index contributed by atoms with van der Waals surface area (Å²) in [6.45, 7) is 1.49. The lowest BCUT2D eigenvalue weighted by Gasteiger charge is -2.32. The van der Waals surface area contributed by atoms with Crippen molar-refractivity contribution in [1.29, 1.82) is 0 Å². The summed E-state index contributed by atoms with van der Waals surface area (Å²) in [4.78, 5) is 6.24. The Morgan fingerprint density at radius 1 is 1.29 bits per heavy atom. The van der Waals surface area contributed by atoms with Gasteiger partial charge >= 0.3 is 6.18 Å². The van der Waals surface area contributed by atoms with Crippen LogP contribution in [0.15, 0.2) is 18.5 Å². The first kappa shape index (κ1) is 14.4. The summed E-state index contributed by atoms with van der Waals surface area (Å²) < 4.78 is 39.6. The van der Waals surface area contributed by atoms with Gasteiger partial charge in [0.25, 0.3) is 0 Å². The van der Waals surface area contributed by atoms with Crippen LogP contribution in [0.5, 0.6) is 0 Å². The van der Waals surface area contributed by atoms with Gasteiger partial charge < -0.3 is 4.90 Å². The molecule has 0 bridgehead atoms. The molecule has 0 aliphatic carbocycles. The van der Waals surface area contributed by atoms with Crippen LogP contribution in [-0.4, -0.2) is 33.6 Å². The fourth-order valence-electron chi connectivity index (χ4n) is 2.59. The standard InChI is InChI=1S/C13H14ClF3N4/c14-8-9-1-4-20(5-2-9)12-10-7-11(13(15,16)17)19-21(10)6-3-18-12/h3,6-7,9H,1-2,4-5,8H2. The fourth-order valence-corrected chi connectivity index (χ4v) is 2.90. The van der Waals surface area contributed by atoms with Gasteiger partial charge in [-0.2, -0.15) is 18.3 Å². The maximum absolute atomic E-state index is 12.8. The molecule has 0 aromatic carbocycles. The highest BCUT2D eigenvalue weighted by Crippen LogP contribution is 2.32. The summed E-state index contributed by atoms with van der Waals surface area (Å²) in [5, 5.41) is 3.57. The lowest BCUT2D eigenvalue weighted by atomic mass is 9.99. The molecule has 0 N–H and O–H groups in total. The third-order valence-corrected chi connectivity index (χ3v) is 4.23. The Bertz CT molecular complexity index is 632. The lowest BCUT2D eigenvalue weighted by molar-refractivity contribution is -0.141. The van der Waals surface area contributed by atoms with Crippen LogP contribution in [0.2, 0.25) is 0 Å². The molecular weight excluding hydrogens is 305 g/mol. The smallest absolute Gasteiger partial charge is 0.355 e. The van der Waals surface area contributed by atoms with Gasteiger partial charge in [-0.3, -0.25) is 0 Å². The molecule has 0 amide bonds. The molecular formula is C13H14ClF3N4. The minimum absolute atomic E-state index is 0.383. The Kier molecular flexibility index (Phi) is 3.69. The van der Waals surface area contributed by atoms with Crippen molar-refractivity contribution >= 4 is 22.9 Å². The fraction of sp³-hybridized carbons (Fsp3) is 0.538. The van der Waals surface area contributed by atoms with Crippen molar-refractivity contribution in [1.82, 2.24) is 14.6 Å². The third-order valence-electron chi connectivity index (χ3n) is 3.79. The molecule has 0 unspecified atom stereocenters. The first-order valence-electron chi connectivity index (χ1n) is 6.71. The largest absolute Gasteiger partial charge is 0.435 e. The summed E-state index contributed by atoms with van der Waals surface area (Å²) in [5.41, 5.74) is -0.512. The van der Waals surface area contributed by atoms with Crippen LogP contribution >= 0.6 is 11.6 Å². The van der Waals surface area contributed by atoms with Crippen molar-refractivity contribution in [2.75, 3.05) is 23.9 Å². The van der Waals surface area contributed by atoms with Crippen LogP contribution in [0.4, 0.5) is 19.0 Å². The summed E-state index contributed by atoms with van der Waals surface area (Å²) in [5.74, 6) is 1.64. The van der Waals surface area contributed by atoms with Gasteiger partial charge in [0.15, 0.2) is 11.5 Å². The predicted octanol–water partition coefficient (Wildman–Crippen LogP) is 3.20. The van der Waals surface area contributed by atoms with E-state index in [1.807, 2.05) is 4.90 Å². The maximum Gasteiger partial charge on any atom is 0.435 e. The maximum atomic E-state index is 12.8. The Morgan fingerprint density at radius 3 is 2.62 bits per heavy atom. The quantitative estimate of drug-likeness (QED) is 0.797. The number of hydrogen-bond acceptors (Lipinski definition) is 3. The molecule has 1 saturated heterocycles. The molecule has 3 heterocycles. The van der Waals surface area contributed by atoms with E-state index in [-0.39, 0.29) is 0 Å². The monoisotopic (exact) mass is 318 g/mol. The number of halogens is 4. The van der Waals surface area contributed by atoms with E-state index < -0.39 is 11.9 Å². The summed E-state index contributed by atoms with van der Waals surface area (Å²) in [6, 6.07) is 1.05. The molecule has 2 aromatic heterocycles. The molecule has 8 heteroatoms. The summed E-state index contributed by atoms with van der Waals surface area (Å²) in [6.07, 6.45) is 0.302. The van der Waals surface area contributed by atoms with E-state index in [1.165, 1.54) is 16.9 Å². The zero-order valence-electron chi connectivity index (χ0n) is 11.1. The molecule has 114 valence electrons. The van der Waals surface area contributed by atoms with Gasteiger partial charge in [0.05, 0.1) is 0 Å². The van der Waals surface area contributed by atoms with E-state index in [0.29, 0.717) is 23.1 Å². The van der Waals surface area contributed by atoms with Crippen molar-refractivity contribution < 1.29 is 13.2 Å². The minimum atomic E-state index is -4.45. The van der Waals surface area contributed by atoms with Crippen LogP contribution in [0, 0.1) is 5.92 Å².